The summed E-state index contributed by atoms with van der Waals surface area (Å²) >= 11 is 0. The van der Waals surface area contributed by atoms with Gasteiger partial charge in [-0.05, 0) is 43.9 Å². The molecular formula is C15H14F3O3-. The van der Waals surface area contributed by atoms with E-state index in [1.165, 1.54) is 6.08 Å². The smallest absolute Gasteiger partial charge is 0.419 e. The SMILES string of the molecule is C=CC1(Oc2cc(C(=O)[O-])ccc2C(F)(F)F)CCCC1. The quantitative estimate of drug-likeness (QED) is 0.803. The number of carboxylic acids is 1. The van der Waals surface area contributed by atoms with Gasteiger partial charge in [0.25, 0.3) is 0 Å². The average Bonchev–Trinajstić information content (AvgIpc) is 2.86. The van der Waals surface area contributed by atoms with Gasteiger partial charge in [-0.15, -0.1) is 0 Å². The van der Waals surface area contributed by atoms with Gasteiger partial charge in [0.1, 0.15) is 11.4 Å². The molecule has 0 unspecified atom stereocenters. The summed E-state index contributed by atoms with van der Waals surface area (Å²) in [5.74, 6) is -2.04. The van der Waals surface area contributed by atoms with Crippen LogP contribution >= 0.6 is 0 Å². The fraction of sp³-hybridized carbons (Fsp3) is 0.400. The second kappa shape index (κ2) is 5.42. The number of aromatic carboxylic acids is 1. The zero-order valence-corrected chi connectivity index (χ0v) is 11.2. The van der Waals surface area contributed by atoms with E-state index in [4.69, 9.17) is 4.74 Å². The van der Waals surface area contributed by atoms with Crippen LogP contribution in [0.1, 0.15) is 41.6 Å². The predicted octanol–water partition coefficient (Wildman–Crippen LogP) is 2.95. The van der Waals surface area contributed by atoms with E-state index in [-0.39, 0.29) is 5.56 Å². The first-order valence-corrected chi connectivity index (χ1v) is 6.53. The Hall–Kier alpha value is -1.98. The second-order valence-corrected chi connectivity index (χ2v) is 5.07. The Morgan fingerprint density at radius 3 is 2.43 bits per heavy atom. The van der Waals surface area contributed by atoms with Crippen molar-refractivity contribution in [2.75, 3.05) is 0 Å². The number of benzene rings is 1. The third kappa shape index (κ3) is 3.20. The van der Waals surface area contributed by atoms with E-state index < -0.39 is 29.1 Å². The van der Waals surface area contributed by atoms with Crippen molar-refractivity contribution in [2.24, 2.45) is 0 Å². The number of rotatable bonds is 4. The Morgan fingerprint density at radius 1 is 1.33 bits per heavy atom. The van der Waals surface area contributed by atoms with E-state index in [1.807, 2.05) is 0 Å². The molecular weight excluding hydrogens is 285 g/mol. The summed E-state index contributed by atoms with van der Waals surface area (Å²) < 4.78 is 44.6. The largest absolute Gasteiger partial charge is 0.545 e. The van der Waals surface area contributed by atoms with Crippen LogP contribution in [0.3, 0.4) is 0 Å². The van der Waals surface area contributed by atoms with Gasteiger partial charge in [-0.1, -0.05) is 12.6 Å². The third-order valence-electron chi connectivity index (χ3n) is 3.66. The number of carboxylic acid groups (broad SMARTS) is 1. The highest BCUT2D eigenvalue weighted by Gasteiger charge is 2.39. The molecule has 1 aromatic rings. The average molecular weight is 299 g/mol. The number of alkyl halides is 3. The van der Waals surface area contributed by atoms with Crippen molar-refractivity contribution in [3.63, 3.8) is 0 Å². The molecule has 1 aliphatic rings. The number of hydrogen-bond acceptors (Lipinski definition) is 3. The molecule has 2 rings (SSSR count). The Labute approximate surface area is 120 Å². The van der Waals surface area contributed by atoms with E-state index in [9.17, 15) is 23.1 Å². The molecule has 0 N–H and O–H groups in total. The molecule has 0 amide bonds. The number of carbonyl (C=O) groups is 1. The molecule has 114 valence electrons. The Kier molecular flexibility index (Phi) is 3.98. The minimum atomic E-state index is -4.62. The van der Waals surface area contributed by atoms with Crippen LogP contribution in [0, 0.1) is 0 Å². The lowest BCUT2D eigenvalue weighted by atomic mass is 10.0. The molecule has 3 nitrogen and oxygen atoms in total. The molecule has 0 heterocycles. The highest BCUT2D eigenvalue weighted by Crippen LogP contribution is 2.41. The lowest BCUT2D eigenvalue weighted by Gasteiger charge is -2.28. The predicted molar refractivity (Wildman–Crippen MR) is 67.8 cm³/mol. The molecule has 0 spiro atoms. The van der Waals surface area contributed by atoms with Crippen LogP contribution in [0.4, 0.5) is 13.2 Å². The molecule has 1 aromatic carbocycles. The summed E-state index contributed by atoms with van der Waals surface area (Å²) in [7, 11) is 0. The van der Waals surface area contributed by atoms with Crippen molar-refractivity contribution in [1.82, 2.24) is 0 Å². The Balaban J connectivity index is 2.45. The van der Waals surface area contributed by atoms with Gasteiger partial charge in [-0.25, -0.2) is 0 Å². The van der Waals surface area contributed by atoms with Gasteiger partial charge in [0.2, 0.25) is 0 Å². The molecule has 0 saturated heterocycles. The maximum Gasteiger partial charge on any atom is 0.419 e. The topological polar surface area (TPSA) is 49.4 Å². The monoisotopic (exact) mass is 299 g/mol. The second-order valence-electron chi connectivity index (χ2n) is 5.07. The number of halogens is 3. The van der Waals surface area contributed by atoms with Crippen molar-refractivity contribution in [2.45, 2.75) is 37.5 Å². The molecule has 0 aromatic heterocycles. The molecule has 0 radical (unpaired) electrons. The molecule has 1 fully saturated rings. The van der Waals surface area contributed by atoms with Gasteiger partial charge in [-0.2, -0.15) is 13.2 Å². The molecule has 21 heavy (non-hydrogen) atoms. The first-order chi connectivity index (χ1) is 9.77. The van der Waals surface area contributed by atoms with Crippen molar-refractivity contribution in [1.29, 1.82) is 0 Å². The maximum atomic E-state index is 13.0. The summed E-state index contributed by atoms with van der Waals surface area (Å²) in [4.78, 5) is 10.8. The van der Waals surface area contributed by atoms with E-state index in [2.05, 4.69) is 6.58 Å². The van der Waals surface area contributed by atoms with E-state index in [0.717, 1.165) is 25.0 Å². The van der Waals surface area contributed by atoms with Crippen LogP contribution in [0.15, 0.2) is 30.9 Å². The van der Waals surface area contributed by atoms with Crippen LogP contribution < -0.4 is 9.84 Å². The molecule has 0 aliphatic heterocycles. The van der Waals surface area contributed by atoms with E-state index in [1.54, 1.807) is 0 Å². The number of hydrogen-bond donors (Lipinski definition) is 0. The lowest BCUT2D eigenvalue weighted by molar-refractivity contribution is -0.255. The van der Waals surface area contributed by atoms with Crippen LogP contribution in [0.2, 0.25) is 0 Å². The number of ether oxygens (including phenoxy) is 1. The number of carbonyl (C=O) groups excluding carboxylic acids is 1. The highest BCUT2D eigenvalue weighted by atomic mass is 19.4. The van der Waals surface area contributed by atoms with Crippen molar-refractivity contribution < 1.29 is 27.8 Å². The summed E-state index contributed by atoms with van der Waals surface area (Å²) in [6, 6.07) is 2.42. The van der Waals surface area contributed by atoms with Gasteiger partial charge in [0.15, 0.2) is 0 Å². The summed E-state index contributed by atoms with van der Waals surface area (Å²) in [6.07, 6.45) is -0.361. The lowest BCUT2D eigenvalue weighted by Crippen LogP contribution is -2.31. The standard InChI is InChI=1S/C15H15F3O3/c1-2-14(7-3-4-8-14)21-12-9-10(13(19)20)5-6-11(12)15(16,17)18/h2,5-6,9H,1,3-4,7-8H2,(H,19,20)/p-1. The maximum absolute atomic E-state index is 13.0. The Bertz CT molecular complexity index is 558. The van der Waals surface area contributed by atoms with Crippen LogP contribution in [0.5, 0.6) is 5.75 Å². The van der Waals surface area contributed by atoms with Crippen LogP contribution in [-0.4, -0.2) is 11.6 Å². The zero-order chi connectivity index (χ0) is 15.7. The van der Waals surface area contributed by atoms with Gasteiger partial charge >= 0.3 is 6.18 Å². The van der Waals surface area contributed by atoms with Crippen LogP contribution in [0.25, 0.3) is 0 Å². The zero-order valence-electron chi connectivity index (χ0n) is 11.2. The molecule has 0 bridgehead atoms. The van der Waals surface area contributed by atoms with Gasteiger partial charge in [-0.3, -0.25) is 0 Å². The fourth-order valence-electron chi connectivity index (χ4n) is 2.51. The molecule has 0 atom stereocenters. The summed E-state index contributed by atoms with van der Waals surface area (Å²) in [6.45, 7) is 3.63. The van der Waals surface area contributed by atoms with Gasteiger partial charge in [0.05, 0.1) is 11.5 Å². The van der Waals surface area contributed by atoms with E-state index >= 15 is 0 Å². The molecule has 1 saturated carbocycles. The summed E-state index contributed by atoms with van der Waals surface area (Å²) in [5, 5.41) is 10.8. The summed E-state index contributed by atoms with van der Waals surface area (Å²) in [5.41, 5.74) is -2.22. The highest BCUT2D eigenvalue weighted by molar-refractivity contribution is 5.86. The minimum Gasteiger partial charge on any atom is -0.545 e. The minimum absolute atomic E-state index is 0.352. The molecule has 6 heteroatoms. The van der Waals surface area contributed by atoms with Crippen LogP contribution in [-0.2, 0) is 6.18 Å². The van der Waals surface area contributed by atoms with Crippen molar-refractivity contribution in [3.8, 4) is 5.75 Å². The van der Waals surface area contributed by atoms with Crippen molar-refractivity contribution >= 4 is 5.97 Å². The first-order valence-electron chi connectivity index (χ1n) is 6.53. The van der Waals surface area contributed by atoms with E-state index in [0.29, 0.717) is 18.9 Å². The van der Waals surface area contributed by atoms with Gasteiger partial charge in [0, 0.05) is 5.56 Å². The normalized spacial score (nSPS) is 17.5. The van der Waals surface area contributed by atoms with Gasteiger partial charge < -0.3 is 14.6 Å². The fourth-order valence-corrected chi connectivity index (χ4v) is 2.51. The Morgan fingerprint density at radius 2 is 1.95 bits per heavy atom. The third-order valence-corrected chi connectivity index (χ3v) is 3.66. The van der Waals surface area contributed by atoms with Crippen molar-refractivity contribution in [3.05, 3.63) is 42.0 Å². The first kappa shape index (κ1) is 15.4. The molecule has 1 aliphatic carbocycles.